The Morgan fingerprint density at radius 1 is 1.44 bits per heavy atom. The Morgan fingerprint density at radius 3 is 2.33 bits per heavy atom. The average Bonchev–Trinajstić information content (AvgIpc) is 2.13. The van der Waals surface area contributed by atoms with Crippen LogP contribution in [0, 0.1) is 0 Å². The van der Waals surface area contributed by atoms with Gasteiger partial charge in [-0.2, -0.15) is 0 Å². The SMILES string of the molecule is CN(C)[C@@H]1CNC[C@@H]1O. The van der Waals surface area contributed by atoms with Gasteiger partial charge in [-0.25, -0.2) is 0 Å². The highest BCUT2D eigenvalue weighted by Gasteiger charge is 2.25. The summed E-state index contributed by atoms with van der Waals surface area (Å²) in [5.74, 6) is 0. The highest BCUT2D eigenvalue weighted by molar-refractivity contribution is 4.85. The van der Waals surface area contributed by atoms with Crippen molar-refractivity contribution < 1.29 is 5.11 Å². The predicted molar refractivity (Wildman–Crippen MR) is 36.4 cm³/mol. The number of nitrogens with one attached hydrogen (secondary N) is 1. The maximum atomic E-state index is 9.26. The van der Waals surface area contributed by atoms with Crippen molar-refractivity contribution >= 4 is 0 Å². The van der Waals surface area contributed by atoms with Crippen molar-refractivity contribution in [3.63, 3.8) is 0 Å². The third kappa shape index (κ3) is 1.41. The van der Waals surface area contributed by atoms with Crippen molar-refractivity contribution in [3.8, 4) is 0 Å². The van der Waals surface area contributed by atoms with Gasteiger partial charge in [0.25, 0.3) is 0 Å². The minimum atomic E-state index is -0.181. The van der Waals surface area contributed by atoms with Crippen LogP contribution in [0.2, 0.25) is 0 Å². The molecule has 1 fully saturated rings. The van der Waals surface area contributed by atoms with Gasteiger partial charge in [0.05, 0.1) is 6.10 Å². The van der Waals surface area contributed by atoms with E-state index in [1.165, 1.54) is 0 Å². The second kappa shape index (κ2) is 2.64. The van der Waals surface area contributed by atoms with Gasteiger partial charge in [0.1, 0.15) is 0 Å². The fourth-order valence-electron chi connectivity index (χ4n) is 1.18. The Hall–Kier alpha value is -0.120. The van der Waals surface area contributed by atoms with Crippen LogP contribution in [0.5, 0.6) is 0 Å². The van der Waals surface area contributed by atoms with Gasteiger partial charge in [-0.15, -0.1) is 0 Å². The maximum Gasteiger partial charge on any atom is 0.0831 e. The maximum absolute atomic E-state index is 9.26. The Labute approximate surface area is 55.7 Å². The number of hydrogen-bond donors (Lipinski definition) is 2. The van der Waals surface area contributed by atoms with E-state index < -0.39 is 0 Å². The Balaban J connectivity index is 2.40. The summed E-state index contributed by atoms with van der Waals surface area (Å²) in [6.07, 6.45) is -0.181. The molecule has 0 radical (unpaired) electrons. The van der Waals surface area contributed by atoms with E-state index in [0.717, 1.165) is 13.1 Å². The highest BCUT2D eigenvalue weighted by Crippen LogP contribution is 2.03. The number of likely N-dealkylation sites (N-methyl/N-ethyl adjacent to an activating group) is 1. The first-order valence-electron chi connectivity index (χ1n) is 3.27. The molecule has 54 valence electrons. The smallest absolute Gasteiger partial charge is 0.0831 e. The molecular formula is C6H14N2O. The number of rotatable bonds is 1. The lowest BCUT2D eigenvalue weighted by Crippen LogP contribution is -2.37. The van der Waals surface area contributed by atoms with Crippen molar-refractivity contribution in [2.75, 3.05) is 27.2 Å². The zero-order valence-corrected chi connectivity index (χ0v) is 5.96. The van der Waals surface area contributed by atoms with Crippen LogP contribution >= 0.6 is 0 Å². The van der Waals surface area contributed by atoms with Gasteiger partial charge in [0, 0.05) is 19.1 Å². The summed E-state index contributed by atoms with van der Waals surface area (Å²) in [5.41, 5.74) is 0. The first kappa shape index (κ1) is 6.99. The van der Waals surface area contributed by atoms with Gasteiger partial charge in [0.15, 0.2) is 0 Å². The first-order chi connectivity index (χ1) is 4.22. The van der Waals surface area contributed by atoms with E-state index in [2.05, 4.69) is 5.32 Å². The number of nitrogens with zero attached hydrogens (tertiary/aromatic N) is 1. The van der Waals surface area contributed by atoms with Crippen LogP contribution in [0.3, 0.4) is 0 Å². The molecule has 0 bridgehead atoms. The molecule has 0 unspecified atom stereocenters. The Kier molecular flexibility index (Phi) is 2.05. The topological polar surface area (TPSA) is 35.5 Å². The number of hydrogen-bond acceptors (Lipinski definition) is 3. The molecule has 3 nitrogen and oxygen atoms in total. The van der Waals surface area contributed by atoms with Gasteiger partial charge < -0.3 is 15.3 Å². The summed E-state index contributed by atoms with van der Waals surface area (Å²) in [5, 5.41) is 12.4. The third-order valence-corrected chi connectivity index (χ3v) is 1.81. The van der Waals surface area contributed by atoms with E-state index in [4.69, 9.17) is 0 Å². The predicted octanol–water partition coefficient (Wildman–Crippen LogP) is -1.12. The lowest BCUT2D eigenvalue weighted by molar-refractivity contribution is 0.114. The summed E-state index contributed by atoms with van der Waals surface area (Å²) in [6, 6.07) is 0.310. The van der Waals surface area contributed by atoms with Gasteiger partial charge in [-0.3, -0.25) is 0 Å². The fraction of sp³-hybridized carbons (Fsp3) is 1.00. The van der Waals surface area contributed by atoms with Crippen LogP contribution in [0.1, 0.15) is 0 Å². The van der Waals surface area contributed by atoms with Crippen LogP contribution in [0.15, 0.2) is 0 Å². The van der Waals surface area contributed by atoms with Gasteiger partial charge in [-0.1, -0.05) is 0 Å². The molecule has 3 heteroatoms. The monoisotopic (exact) mass is 130 g/mol. The molecule has 0 aromatic carbocycles. The van der Waals surface area contributed by atoms with E-state index in [0.29, 0.717) is 6.04 Å². The fourth-order valence-corrected chi connectivity index (χ4v) is 1.18. The molecule has 0 aromatic heterocycles. The molecule has 0 amide bonds. The van der Waals surface area contributed by atoms with Crippen molar-refractivity contribution in [1.29, 1.82) is 0 Å². The van der Waals surface area contributed by atoms with E-state index in [9.17, 15) is 5.11 Å². The molecule has 1 rings (SSSR count). The summed E-state index contributed by atoms with van der Waals surface area (Å²) in [7, 11) is 3.97. The summed E-state index contributed by atoms with van der Waals surface area (Å²) >= 11 is 0. The van der Waals surface area contributed by atoms with Crippen LogP contribution in [-0.2, 0) is 0 Å². The van der Waals surface area contributed by atoms with Gasteiger partial charge in [-0.05, 0) is 14.1 Å². The molecule has 2 N–H and O–H groups in total. The normalized spacial score (nSPS) is 36.0. The molecule has 9 heavy (non-hydrogen) atoms. The summed E-state index contributed by atoms with van der Waals surface area (Å²) in [6.45, 7) is 1.65. The number of β-amino-alcohol motifs (C(OH)–C–C–N with tert-alkyl or cyclic N) is 1. The lowest BCUT2D eigenvalue weighted by Gasteiger charge is -2.20. The van der Waals surface area contributed by atoms with Crippen molar-refractivity contribution in [1.82, 2.24) is 10.2 Å². The standard InChI is InChI=1S/C6H14N2O/c1-8(2)5-3-7-4-6(5)9/h5-7,9H,3-4H2,1-2H3/t5-,6+/m1/s1. The van der Waals surface area contributed by atoms with Gasteiger partial charge >= 0.3 is 0 Å². The molecule has 2 atom stereocenters. The van der Waals surface area contributed by atoms with E-state index in [-0.39, 0.29) is 6.10 Å². The number of aliphatic hydroxyl groups excluding tert-OH is 1. The first-order valence-corrected chi connectivity index (χ1v) is 3.27. The van der Waals surface area contributed by atoms with E-state index in [1.54, 1.807) is 0 Å². The average molecular weight is 130 g/mol. The molecule has 1 aliphatic heterocycles. The molecule has 0 saturated carbocycles. The van der Waals surface area contributed by atoms with Crippen molar-refractivity contribution in [2.45, 2.75) is 12.1 Å². The van der Waals surface area contributed by atoms with Crippen LogP contribution < -0.4 is 5.32 Å². The zero-order valence-electron chi connectivity index (χ0n) is 5.96. The quantitative estimate of drug-likeness (QED) is 0.472. The Bertz CT molecular complexity index is 95.1. The van der Waals surface area contributed by atoms with E-state index >= 15 is 0 Å². The molecule has 0 spiro atoms. The third-order valence-electron chi connectivity index (χ3n) is 1.81. The Morgan fingerprint density at radius 2 is 2.11 bits per heavy atom. The van der Waals surface area contributed by atoms with Crippen molar-refractivity contribution in [3.05, 3.63) is 0 Å². The largest absolute Gasteiger partial charge is 0.390 e. The molecule has 1 saturated heterocycles. The number of aliphatic hydroxyl groups is 1. The molecule has 0 aromatic rings. The molecule has 0 aliphatic carbocycles. The zero-order chi connectivity index (χ0) is 6.85. The molecule has 1 heterocycles. The summed E-state index contributed by atoms with van der Waals surface area (Å²) < 4.78 is 0. The van der Waals surface area contributed by atoms with E-state index in [1.807, 2.05) is 19.0 Å². The summed E-state index contributed by atoms with van der Waals surface area (Å²) in [4.78, 5) is 2.05. The minimum absolute atomic E-state index is 0.181. The minimum Gasteiger partial charge on any atom is -0.390 e. The highest BCUT2D eigenvalue weighted by atomic mass is 16.3. The van der Waals surface area contributed by atoms with Gasteiger partial charge in [0.2, 0.25) is 0 Å². The second-order valence-electron chi connectivity index (χ2n) is 2.76. The molecular weight excluding hydrogens is 116 g/mol. The van der Waals surface area contributed by atoms with Crippen LogP contribution in [0.4, 0.5) is 0 Å². The van der Waals surface area contributed by atoms with Crippen molar-refractivity contribution in [2.24, 2.45) is 0 Å². The van der Waals surface area contributed by atoms with Crippen LogP contribution in [0.25, 0.3) is 0 Å². The van der Waals surface area contributed by atoms with Crippen LogP contribution in [-0.4, -0.2) is 49.3 Å². The molecule has 1 aliphatic rings. The second-order valence-corrected chi connectivity index (χ2v) is 2.76. The lowest BCUT2D eigenvalue weighted by atomic mass is 10.2.